The zero-order chi connectivity index (χ0) is 17.6. The second-order valence-electron chi connectivity index (χ2n) is 6.03. The first-order chi connectivity index (χ1) is 12.0. The van der Waals surface area contributed by atoms with Crippen molar-refractivity contribution in [2.45, 2.75) is 19.0 Å². The third-order valence-electron chi connectivity index (χ3n) is 4.33. The molecular formula is C18H14ClN3O2S. The molecule has 1 aliphatic heterocycles. The Bertz CT molecular complexity index is 952. The van der Waals surface area contributed by atoms with E-state index in [2.05, 4.69) is 10.3 Å². The van der Waals surface area contributed by atoms with E-state index in [-0.39, 0.29) is 12.5 Å². The molecule has 5 nitrogen and oxygen atoms in total. The van der Waals surface area contributed by atoms with Gasteiger partial charge in [0, 0.05) is 5.02 Å². The van der Waals surface area contributed by atoms with Gasteiger partial charge >= 0.3 is 6.03 Å². The molecule has 1 N–H and O–H groups in total. The first kappa shape index (κ1) is 16.1. The van der Waals surface area contributed by atoms with E-state index in [0.717, 1.165) is 15.2 Å². The van der Waals surface area contributed by atoms with Gasteiger partial charge in [-0.2, -0.15) is 0 Å². The largest absolute Gasteiger partial charge is 0.325 e. The molecule has 4 rings (SSSR count). The molecule has 3 amide bonds. The first-order valence-corrected chi connectivity index (χ1v) is 8.91. The molecule has 0 unspecified atom stereocenters. The van der Waals surface area contributed by atoms with Crippen LogP contribution in [0.5, 0.6) is 0 Å². The summed E-state index contributed by atoms with van der Waals surface area (Å²) < 4.78 is 1.03. The quantitative estimate of drug-likeness (QED) is 0.710. The van der Waals surface area contributed by atoms with Crippen LogP contribution in [0.1, 0.15) is 17.5 Å². The molecule has 2 aromatic carbocycles. The number of imide groups is 1. The van der Waals surface area contributed by atoms with E-state index in [1.807, 2.05) is 24.3 Å². The number of hydrogen-bond donors (Lipinski definition) is 1. The standard InChI is InChI=1S/C18H14ClN3O2S/c1-18(11-6-8-12(19)9-7-11)16(23)22(17(24)21-18)10-15-20-13-4-2-3-5-14(13)25-15/h2-9H,10H2,1H3,(H,21,24)/t18-/m0/s1. The molecule has 2 heterocycles. The van der Waals surface area contributed by atoms with Gasteiger partial charge in [-0.1, -0.05) is 35.9 Å². The third-order valence-corrected chi connectivity index (χ3v) is 5.60. The minimum atomic E-state index is -1.10. The predicted molar refractivity (Wildman–Crippen MR) is 97.5 cm³/mol. The van der Waals surface area contributed by atoms with Gasteiger partial charge in [0.15, 0.2) is 0 Å². The molecule has 3 aromatic rings. The maximum Gasteiger partial charge on any atom is 0.325 e. The summed E-state index contributed by atoms with van der Waals surface area (Å²) in [6, 6.07) is 14.2. The highest BCUT2D eigenvalue weighted by atomic mass is 35.5. The average molecular weight is 372 g/mol. The topological polar surface area (TPSA) is 62.3 Å². The summed E-state index contributed by atoms with van der Waals surface area (Å²) in [6.07, 6.45) is 0. The average Bonchev–Trinajstić information content (AvgIpc) is 3.10. The Morgan fingerprint density at radius 3 is 2.60 bits per heavy atom. The number of nitrogens with one attached hydrogen (secondary N) is 1. The van der Waals surface area contributed by atoms with E-state index >= 15 is 0 Å². The lowest BCUT2D eigenvalue weighted by atomic mass is 9.92. The zero-order valence-electron chi connectivity index (χ0n) is 13.3. The number of aromatic nitrogens is 1. The van der Waals surface area contributed by atoms with E-state index in [1.54, 1.807) is 31.2 Å². The van der Waals surface area contributed by atoms with E-state index in [0.29, 0.717) is 10.6 Å². The Labute approximate surface area is 153 Å². The Balaban J connectivity index is 1.63. The molecule has 1 aliphatic rings. The Hall–Kier alpha value is -2.44. The van der Waals surface area contributed by atoms with Crippen LogP contribution >= 0.6 is 22.9 Å². The summed E-state index contributed by atoms with van der Waals surface area (Å²) >= 11 is 7.40. The lowest BCUT2D eigenvalue weighted by Gasteiger charge is -2.22. The number of carbonyl (C=O) groups is 2. The van der Waals surface area contributed by atoms with Crippen molar-refractivity contribution in [3.05, 3.63) is 64.1 Å². The van der Waals surface area contributed by atoms with Gasteiger partial charge < -0.3 is 5.32 Å². The van der Waals surface area contributed by atoms with Gasteiger partial charge in [0.1, 0.15) is 10.5 Å². The Morgan fingerprint density at radius 2 is 1.88 bits per heavy atom. The summed E-state index contributed by atoms with van der Waals surface area (Å²) in [4.78, 5) is 31.1. The number of nitrogens with zero attached hydrogens (tertiary/aromatic N) is 2. The van der Waals surface area contributed by atoms with Crippen molar-refractivity contribution in [1.29, 1.82) is 0 Å². The number of halogens is 1. The monoisotopic (exact) mass is 371 g/mol. The van der Waals surface area contributed by atoms with E-state index in [1.165, 1.54) is 16.2 Å². The van der Waals surface area contributed by atoms with Crippen LogP contribution in [0.25, 0.3) is 10.2 Å². The van der Waals surface area contributed by atoms with Crippen molar-refractivity contribution in [2.24, 2.45) is 0 Å². The summed E-state index contributed by atoms with van der Waals surface area (Å²) in [7, 11) is 0. The molecule has 0 spiro atoms. The van der Waals surface area contributed by atoms with Gasteiger partial charge in [-0.05, 0) is 36.8 Å². The van der Waals surface area contributed by atoms with Gasteiger partial charge in [-0.15, -0.1) is 11.3 Å². The molecule has 25 heavy (non-hydrogen) atoms. The van der Waals surface area contributed by atoms with Crippen molar-refractivity contribution in [1.82, 2.24) is 15.2 Å². The Kier molecular flexibility index (Phi) is 3.74. The highest BCUT2D eigenvalue weighted by Crippen LogP contribution is 2.31. The van der Waals surface area contributed by atoms with E-state index in [9.17, 15) is 9.59 Å². The maximum absolute atomic E-state index is 12.9. The number of carbonyl (C=O) groups excluding carboxylic acids is 2. The second-order valence-corrected chi connectivity index (χ2v) is 7.58. The lowest BCUT2D eigenvalue weighted by Crippen LogP contribution is -2.40. The van der Waals surface area contributed by atoms with Crippen LogP contribution in [0.4, 0.5) is 4.79 Å². The zero-order valence-corrected chi connectivity index (χ0v) is 14.9. The van der Waals surface area contributed by atoms with Crippen LogP contribution in [0.3, 0.4) is 0 Å². The summed E-state index contributed by atoms with van der Waals surface area (Å²) in [5.41, 5.74) is 0.468. The molecular weight excluding hydrogens is 358 g/mol. The number of thiazole rings is 1. The summed E-state index contributed by atoms with van der Waals surface area (Å²) in [6.45, 7) is 1.86. The van der Waals surface area contributed by atoms with Crippen molar-refractivity contribution < 1.29 is 9.59 Å². The molecule has 1 saturated heterocycles. The number of benzene rings is 2. The molecule has 1 atom stereocenters. The fraction of sp³-hybridized carbons (Fsp3) is 0.167. The lowest BCUT2D eigenvalue weighted by molar-refractivity contribution is -0.131. The van der Waals surface area contributed by atoms with Crippen LogP contribution < -0.4 is 5.32 Å². The van der Waals surface area contributed by atoms with E-state index in [4.69, 9.17) is 11.6 Å². The first-order valence-electron chi connectivity index (χ1n) is 7.72. The third kappa shape index (κ3) is 2.67. The van der Waals surface area contributed by atoms with Crippen molar-refractivity contribution >= 4 is 45.1 Å². The fourth-order valence-electron chi connectivity index (χ4n) is 2.94. The predicted octanol–water partition coefficient (Wildman–Crippen LogP) is 3.92. The van der Waals surface area contributed by atoms with Gasteiger partial charge in [0.25, 0.3) is 5.91 Å². The smallest absolute Gasteiger partial charge is 0.319 e. The van der Waals surface area contributed by atoms with Crippen LogP contribution in [-0.4, -0.2) is 21.8 Å². The number of amides is 3. The second kappa shape index (κ2) is 5.82. The van der Waals surface area contributed by atoms with Crippen molar-refractivity contribution in [3.63, 3.8) is 0 Å². The van der Waals surface area contributed by atoms with Gasteiger partial charge in [-0.25, -0.2) is 9.78 Å². The maximum atomic E-state index is 12.9. The van der Waals surface area contributed by atoms with Crippen LogP contribution in [0, 0.1) is 0 Å². The van der Waals surface area contributed by atoms with Crippen molar-refractivity contribution in [3.8, 4) is 0 Å². The van der Waals surface area contributed by atoms with Crippen LogP contribution in [0.2, 0.25) is 5.02 Å². The summed E-state index contributed by atoms with van der Waals surface area (Å²) in [5, 5.41) is 4.10. The molecule has 1 fully saturated rings. The Morgan fingerprint density at radius 1 is 1.16 bits per heavy atom. The van der Waals surface area contributed by atoms with Crippen LogP contribution in [-0.2, 0) is 16.9 Å². The molecule has 0 aliphatic carbocycles. The molecule has 0 saturated carbocycles. The van der Waals surface area contributed by atoms with Gasteiger partial charge in [-0.3, -0.25) is 9.69 Å². The SMILES string of the molecule is C[C@@]1(c2ccc(Cl)cc2)NC(=O)N(Cc2nc3ccccc3s2)C1=O. The number of urea groups is 1. The van der Waals surface area contributed by atoms with E-state index < -0.39 is 11.6 Å². The minimum Gasteiger partial charge on any atom is -0.319 e. The molecule has 0 radical (unpaired) electrons. The minimum absolute atomic E-state index is 0.160. The fourth-order valence-corrected chi connectivity index (χ4v) is 4.02. The highest BCUT2D eigenvalue weighted by molar-refractivity contribution is 7.18. The van der Waals surface area contributed by atoms with Crippen molar-refractivity contribution in [2.75, 3.05) is 0 Å². The molecule has 1 aromatic heterocycles. The molecule has 0 bridgehead atoms. The normalized spacial score (nSPS) is 20.3. The summed E-state index contributed by atoms with van der Waals surface area (Å²) in [5.74, 6) is -0.293. The molecule has 126 valence electrons. The highest BCUT2D eigenvalue weighted by Gasteiger charge is 2.49. The number of fused-ring (bicyclic) bond motifs is 1. The number of rotatable bonds is 3. The molecule has 7 heteroatoms. The number of para-hydroxylation sites is 1. The number of hydrogen-bond acceptors (Lipinski definition) is 4. The van der Waals surface area contributed by atoms with Gasteiger partial charge in [0.05, 0.1) is 16.8 Å². The van der Waals surface area contributed by atoms with Crippen LogP contribution in [0.15, 0.2) is 48.5 Å². The van der Waals surface area contributed by atoms with Gasteiger partial charge in [0.2, 0.25) is 0 Å².